The van der Waals surface area contributed by atoms with Gasteiger partial charge in [0.25, 0.3) is 0 Å². The normalized spacial score (nSPS) is 10.2. The van der Waals surface area contributed by atoms with Gasteiger partial charge < -0.3 is 9.52 Å². The molecule has 3 nitrogen and oxygen atoms in total. The number of phenolic OH excluding ortho intramolecular Hbond substituents is 1. The first-order valence-electron chi connectivity index (χ1n) is 4.56. The van der Waals surface area contributed by atoms with E-state index in [1.807, 2.05) is 0 Å². The van der Waals surface area contributed by atoms with Crippen molar-refractivity contribution >= 4 is 5.78 Å². The van der Waals surface area contributed by atoms with Gasteiger partial charge in [0.1, 0.15) is 5.75 Å². The first kappa shape index (κ1) is 9.52. The smallest absolute Gasteiger partial charge is 0.228 e. The van der Waals surface area contributed by atoms with Crippen molar-refractivity contribution in [3.63, 3.8) is 0 Å². The third kappa shape index (κ3) is 1.76. The van der Waals surface area contributed by atoms with Crippen molar-refractivity contribution in [1.82, 2.24) is 0 Å². The summed E-state index contributed by atoms with van der Waals surface area (Å²) >= 11 is 0. The Morgan fingerprint density at radius 3 is 2.73 bits per heavy atom. The van der Waals surface area contributed by atoms with E-state index in [1.165, 1.54) is 12.3 Å². The summed E-state index contributed by atoms with van der Waals surface area (Å²) in [6.45, 7) is 1.74. The average molecular weight is 202 g/mol. The molecule has 76 valence electrons. The Hall–Kier alpha value is -2.03. The van der Waals surface area contributed by atoms with E-state index in [4.69, 9.17) is 4.42 Å². The zero-order chi connectivity index (χ0) is 10.8. The molecule has 0 aliphatic rings. The molecule has 0 amide bonds. The third-order valence-electron chi connectivity index (χ3n) is 2.20. The van der Waals surface area contributed by atoms with Crippen LogP contribution in [0, 0.1) is 6.92 Å². The van der Waals surface area contributed by atoms with Crippen molar-refractivity contribution in [2.45, 2.75) is 6.92 Å². The highest BCUT2D eigenvalue weighted by atomic mass is 16.3. The van der Waals surface area contributed by atoms with Gasteiger partial charge in [0.05, 0.1) is 6.26 Å². The first-order valence-corrected chi connectivity index (χ1v) is 4.56. The van der Waals surface area contributed by atoms with Crippen LogP contribution in [0.1, 0.15) is 21.7 Å². The van der Waals surface area contributed by atoms with E-state index in [9.17, 15) is 9.90 Å². The summed E-state index contributed by atoms with van der Waals surface area (Å²) in [5.74, 6) is 0.314. The maximum atomic E-state index is 11.8. The van der Waals surface area contributed by atoms with Crippen LogP contribution < -0.4 is 0 Å². The van der Waals surface area contributed by atoms with Gasteiger partial charge in [-0.2, -0.15) is 0 Å². The van der Waals surface area contributed by atoms with Crippen molar-refractivity contribution in [3.8, 4) is 5.75 Å². The quantitative estimate of drug-likeness (QED) is 0.761. The van der Waals surface area contributed by atoms with Crippen LogP contribution in [0.15, 0.2) is 41.0 Å². The molecule has 15 heavy (non-hydrogen) atoms. The zero-order valence-electron chi connectivity index (χ0n) is 8.23. The molecule has 3 heteroatoms. The van der Waals surface area contributed by atoms with Crippen LogP contribution in [-0.2, 0) is 0 Å². The minimum atomic E-state index is -0.178. The first-order chi connectivity index (χ1) is 7.18. The lowest BCUT2D eigenvalue weighted by molar-refractivity contribution is 0.101. The van der Waals surface area contributed by atoms with Crippen molar-refractivity contribution in [2.24, 2.45) is 0 Å². The summed E-state index contributed by atoms with van der Waals surface area (Å²) in [4.78, 5) is 11.8. The number of aromatic hydroxyl groups is 1. The number of hydrogen-bond donors (Lipinski definition) is 1. The molecule has 0 fully saturated rings. The molecule has 2 rings (SSSR count). The second-order valence-corrected chi connectivity index (χ2v) is 3.31. The second-order valence-electron chi connectivity index (χ2n) is 3.31. The number of rotatable bonds is 2. The molecular weight excluding hydrogens is 192 g/mol. The fourth-order valence-corrected chi connectivity index (χ4v) is 1.35. The van der Waals surface area contributed by atoms with Gasteiger partial charge in [-0.3, -0.25) is 4.79 Å². The highest BCUT2D eigenvalue weighted by molar-refractivity contribution is 6.07. The molecule has 0 unspecified atom stereocenters. The summed E-state index contributed by atoms with van der Waals surface area (Å²) < 4.78 is 5.01. The molecule has 2 aromatic rings. The number of furan rings is 1. The molecule has 0 saturated heterocycles. The van der Waals surface area contributed by atoms with Gasteiger partial charge in [-0.05, 0) is 42.8 Å². The summed E-state index contributed by atoms with van der Waals surface area (Å²) in [6.07, 6.45) is 1.46. The van der Waals surface area contributed by atoms with Gasteiger partial charge in [-0.25, -0.2) is 0 Å². The van der Waals surface area contributed by atoms with E-state index in [2.05, 4.69) is 0 Å². The van der Waals surface area contributed by atoms with Gasteiger partial charge >= 0.3 is 0 Å². The number of benzene rings is 1. The minimum absolute atomic E-state index is 0.178. The molecule has 0 atom stereocenters. The fourth-order valence-electron chi connectivity index (χ4n) is 1.35. The number of carbonyl (C=O) groups is 1. The summed E-state index contributed by atoms with van der Waals surface area (Å²) in [5, 5.41) is 9.32. The third-order valence-corrected chi connectivity index (χ3v) is 2.20. The minimum Gasteiger partial charge on any atom is -0.508 e. The Morgan fingerprint density at radius 1 is 1.33 bits per heavy atom. The van der Waals surface area contributed by atoms with Crippen LogP contribution in [0.3, 0.4) is 0 Å². The highest BCUT2D eigenvalue weighted by Crippen LogP contribution is 2.19. The second kappa shape index (κ2) is 3.61. The standard InChI is InChI=1S/C12H10O3/c1-8-7-9(4-5-10(8)13)12(14)11-3-2-6-15-11/h2-7,13H,1H3. The predicted octanol–water partition coefficient (Wildman–Crippen LogP) is 2.52. The van der Waals surface area contributed by atoms with Crippen molar-refractivity contribution in [2.75, 3.05) is 0 Å². The van der Waals surface area contributed by atoms with Crippen molar-refractivity contribution in [1.29, 1.82) is 0 Å². The molecule has 0 aliphatic heterocycles. The van der Waals surface area contributed by atoms with E-state index in [0.717, 1.165) is 0 Å². The molecule has 1 heterocycles. The number of hydrogen-bond acceptors (Lipinski definition) is 3. The lowest BCUT2D eigenvalue weighted by atomic mass is 10.1. The van der Waals surface area contributed by atoms with E-state index in [1.54, 1.807) is 31.2 Å². The van der Waals surface area contributed by atoms with Gasteiger partial charge in [-0.1, -0.05) is 0 Å². The Balaban J connectivity index is 2.39. The molecule has 0 radical (unpaired) electrons. The summed E-state index contributed by atoms with van der Waals surface area (Å²) in [7, 11) is 0. The number of ketones is 1. The number of aryl methyl sites for hydroxylation is 1. The van der Waals surface area contributed by atoms with Gasteiger partial charge in [0, 0.05) is 5.56 Å². The van der Waals surface area contributed by atoms with E-state index < -0.39 is 0 Å². The monoisotopic (exact) mass is 202 g/mol. The molecule has 1 aromatic carbocycles. The van der Waals surface area contributed by atoms with Crippen LogP contribution in [0.5, 0.6) is 5.75 Å². The molecule has 0 bridgehead atoms. The Labute approximate surface area is 87.0 Å². The maximum absolute atomic E-state index is 11.8. The Bertz CT molecular complexity index is 484. The Morgan fingerprint density at radius 2 is 2.13 bits per heavy atom. The van der Waals surface area contributed by atoms with E-state index >= 15 is 0 Å². The van der Waals surface area contributed by atoms with Gasteiger partial charge in [-0.15, -0.1) is 0 Å². The lowest BCUT2D eigenvalue weighted by Crippen LogP contribution is -1.99. The van der Waals surface area contributed by atoms with E-state index in [-0.39, 0.29) is 11.5 Å². The predicted molar refractivity (Wildman–Crippen MR) is 55.0 cm³/mol. The maximum Gasteiger partial charge on any atom is 0.228 e. The molecule has 1 aromatic heterocycles. The van der Waals surface area contributed by atoms with Gasteiger partial charge in [0.2, 0.25) is 5.78 Å². The van der Waals surface area contributed by atoms with Crippen LogP contribution in [0.2, 0.25) is 0 Å². The molecular formula is C12H10O3. The Kier molecular flexibility index (Phi) is 2.29. The SMILES string of the molecule is Cc1cc(C(=O)c2ccco2)ccc1O. The zero-order valence-corrected chi connectivity index (χ0v) is 8.23. The molecule has 0 aliphatic carbocycles. The average Bonchev–Trinajstić information content (AvgIpc) is 2.74. The van der Waals surface area contributed by atoms with Crippen LogP contribution in [0.25, 0.3) is 0 Å². The summed E-state index contributed by atoms with van der Waals surface area (Å²) in [5.41, 5.74) is 1.19. The van der Waals surface area contributed by atoms with Crippen molar-refractivity contribution < 1.29 is 14.3 Å². The van der Waals surface area contributed by atoms with E-state index in [0.29, 0.717) is 16.9 Å². The molecule has 1 N–H and O–H groups in total. The topological polar surface area (TPSA) is 50.4 Å². The molecule has 0 spiro atoms. The van der Waals surface area contributed by atoms with Crippen LogP contribution in [-0.4, -0.2) is 10.9 Å². The summed E-state index contributed by atoms with van der Waals surface area (Å²) in [6, 6.07) is 8.00. The highest BCUT2D eigenvalue weighted by Gasteiger charge is 2.12. The van der Waals surface area contributed by atoms with Crippen LogP contribution >= 0.6 is 0 Å². The fraction of sp³-hybridized carbons (Fsp3) is 0.0833. The van der Waals surface area contributed by atoms with Gasteiger partial charge in [0.15, 0.2) is 5.76 Å². The lowest BCUT2D eigenvalue weighted by Gasteiger charge is -2.01. The number of carbonyl (C=O) groups excluding carboxylic acids is 1. The van der Waals surface area contributed by atoms with Crippen LogP contribution in [0.4, 0.5) is 0 Å². The largest absolute Gasteiger partial charge is 0.508 e. The number of phenols is 1. The van der Waals surface area contributed by atoms with Crippen molar-refractivity contribution in [3.05, 3.63) is 53.5 Å². The molecule has 0 saturated carbocycles.